The van der Waals surface area contributed by atoms with E-state index in [-0.39, 0.29) is 27.8 Å². The molecule has 1 saturated carbocycles. The van der Waals surface area contributed by atoms with Crippen LogP contribution < -0.4 is 18.9 Å². The Labute approximate surface area is 373 Å². The van der Waals surface area contributed by atoms with Gasteiger partial charge in [0.15, 0.2) is 0 Å². The summed E-state index contributed by atoms with van der Waals surface area (Å²) in [5.74, 6) is 5.61. The van der Waals surface area contributed by atoms with Gasteiger partial charge in [0.05, 0.1) is 28.4 Å². The number of hydrogen-bond donors (Lipinski definition) is 0. The van der Waals surface area contributed by atoms with E-state index in [4.69, 9.17) is 18.9 Å². The van der Waals surface area contributed by atoms with Crippen molar-refractivity contribution in [3.05, 3.63) is 180 Å². The second-order valence-electron chi connectivity index (χ2n) is 15.9. The summed E-state index contributed by atoms with van der Waals surface area (Å²) >= 11 is 0. The third-order valence-electron chi connectivity index (χ3n) is 12.4. The van der Waals surface area contributed by atoms with Crippen molar-refractivity contribution in [2.24, 2.45) is 0 Å². The second-order valence-corrected chi connectivity index (χ2v) is 15.9. The van der Waals surface area contributed by atoms with Gasteiger partial charge in [-0.25, -0.2) is 0 Å². The predicted molar refractivity (Wildman–Crippen MR) is 247 cm³/mol. The van der Waals surface area contributed by atoms with E-state index in [0.29, 0.717) is 17.8 Å². The molecule has 0 spiro atoms. The van der Waals surface area contributed by atoms with Crippen molar-refractivity contribution in [2.75, 3.05) is 28.4 Å². The molecule has 2 aliphatic carbocycles. The molecule has 0 aliphatic heterocycles. The summed E-state index contributed by atoms with van der Waals surface area (Å²) in [6, 6.07) is 47.7. The van der Waals surface area contributed by atoms with Gasteiger partial charge in [-0.05, 0) is 186 Å². The first kappa shape index (κ1) is 46.0. The van der Waals surface area contributed by atoms with Crippen molar-refractivity contribution < 1.29 is 39.4 Å². The van der Waals surface area contributed by atoms with Crippen molar-refractivity contribution in [3.63, 3.8) is 0 Å². The van der Waals surface area contributed by atoms with E-state index < -0.39 is 0 Å². The molecule has 6 aromatic carbocycles. The van der Waals surface area contributed by atoms with Crippen LogP contribution in [0.2, 0.25) is 0 Å². The van der Waals surface area contributed by atoms with Crippen molar-refractivity contribution in [1.29, 1.82) is 0 Å². The van der Waals surface area contributed by atoms with Crippen molar-refractivity contribution in [1.82, 2.24) is 0 Å². The molecule has 0 radical (unpaired) electrons. The largest absolute Gasteiger partial charge is 0.497 e. The first-order valence-corrected chi connectivity index (χ1v) is 20.8. The van der Waals surface area contributed by atoms with Gasteiger partial charge in [-0.2, -0.15) is 0 Å². The first-order valence-electron chi connectivity index (χ1n) is 20.8. The molecule has 1 unspecified atom stereocenters. The van der Waals surface area contributed by atoms with E-state index in [0.717, 1.165) is 35.8 Å². The van der Waals surface area contributed by atoms with Crippen LogP contribution >= 0.6 is 0 Å². The van der Waals surface area contributed by atoms with E-state index in [1.165, 1.54) is 93.3 Å². The van der Waals surface area contributed by atoms with Gasteiger partial charge < -0.3 is 26.4 Å². The number of benzene rings is 6. The normalized spacial score (nSPS) is 17.0. The van der Waals surface area contributed by atoms with Crippen LogP contribution in [0.25, 0.3) is 27.8 Å². The third kappa shape index (κ3) is 11.2. The van der Waals surface area contributed by atoms with Crippen LogP contribution in [0.4, 0.5) is 0 Å². The second kappa shape index (κ2) is 22.0. The Bertz CT molecular complexity index is 2270. The van der Waals surface area contributed by atoms with Crippen molar-refractivity contribution in [3.8, 4) is 45.3 Å². The molecule has 1 fully saturated rings. The molecule has 0 amide bonds. The summed E-state index contributed by atoms with van der Waals surface area (Å²) < 4.78 is 21.1. The minimum Gasteiger partial charge on any atom is -0.497 e. The van der Waals surface area contributed by atoms with E-state index in [2.05, 4.69) is 129 Å². The van der Waals surface area contributed by atoms with Crippen LogP contribution in [0, 0.1) is 21.3 Å². The van der Waals surface area contributed by atoms with Gasteiger partial charge in [-0.1, -0.05) is 91.0 Å². The van der Waals surface area contributed by atoms with E-state index in [1.54, 1.807) is 28.4 Å². The van der Waals surface area contributed by atoms with Crippen molar-refractivity contribution in [2.45, 2.75) is 76.5 Å². The standard InChI is InChI=1S/C27H30O2.C27H28O2.CH3.Pd/c2*1-19-18-24(12-17-27(19)23-10-15-26(29-3)16-11-23)22-6-4-20(5-7-22)21-8-13-25(28-2)14-9-21;;/h8-18,20,22H,4-7H2,1-3H3;6,8-18,20H,4-5,7H2,1-3H3;1H3;/q;;-1;. The van der Waals surface area contributed by atoms with Gasteiger partial charge >= 0.3 is 0 Å². The van der Waals surface area contributed by atoms with Crippen LogP contribution in [-0.4, -0.2) is 28.4 Å². The van der Waals surface area contributed by atoms with Gasteiger partial charge in [0, 0.05) is 20.4 Å². The van der Waals surface area contributed by atoms with Crippen LogP contribution in [0.5, 0.6) is 23.0 Å². The Morgan fingerprint density at radius 1 is 0.400 bits per heavy atom. The molecule has 0 heterocycles. The van der Waals surface area contributed by atoms with Crippen molar-refractivity contribution >= 4 is 5.57 Å². The van der Waals surface area contributed by atoms with E-state index in [1.807, 2.05) is 24.3 Å². The average molecular weight is 893 g/mol. The molecule has 5 heteroatoms. The number of ether oxygens (including phenoxy) is 4. The quantitative estimate of drug-likeness (QED) is 0.101. The van der Waals surface area contributed by atoms with Gasteiger partial charge in [-0.15, -0.1) is 0 Å². The SMILES string of the molecule is COc1ccc(-c2ccc(C3=CCC(c4ccc(OC)cc4)CC3)cc2C)cc1.COc1ccc(-c2ccc(C3CCC(c4ccc(OC)cc4)CC3)cc2C)cc1.[CH3-].[Pd]. The Morgan fingerprint density at radius 3 is 1.17 bits per heavy atom. The smallest absolute Gasteiger partial charge is 0.118 e. The number of aryl methyl sites for hydroxylation is 2. The number of allylic oxidation sites excluding steroid dienone is 2. The molecule has 0 bridgehead atoms. The van der Waals surface area contributed by atoms with Gasteiger partial charge in [0.25, 0.3) is 0 Å². The maximum Gasteiger partial charge on any atom is 0.118 e. The summed E-state index contributed by atoms with van der Waals surface area (Å²) in [5, 5.41) is 0. The summed E-state index contributed by atoms with van der Waals surface area (Å²) in [6.45, 7) is 4.43. The Morgan fingerprint density at radius 2 is 0.767 bits per heavy atom. The fourth-order valence-corrected chi connectivity index (χ4v) is 8.90. The molecule has 316 valence electrons. The molecule has 1 atom stereocenters. The average Bonchev–Trinajstić information content (AvgIpc) is 3.29. The molecule has 6 aromatic rings. The monoisotopic (exact) mass is 891 g/mol. The summed E-state index contributed by atoms with van der Waals surface area (Å²) in [5.41, 5.74) is 14.9. The maximum absolute atomic E-state index is 5.29. The number of rotatable bonds is 10. The molecule has 4 nitrogen and oxygen atoms in total. The fourth-order valence-electron chi connectivity index (χ4n) is 8.90. The van der Waals surface area contributed by atoms with Crippen LogP contribution in [0.3, 0.4) is 0 Å². The molecule has 60 heavy (non-hydrogen) atoms. The molecule has 0 aromatic heterocycles. The summed E-state index contributed by atoms with van der Waals surface area (Å²) in [7, 11) is 6.85. The maximum atomic E-state index is 5.29. The van der Waals surface area contributed by atoms with E-state index in [9.17, 15) is 0 Å². The minimum atomic E-state index is 0. The Balaban J connectivity index is 0.000000220. The number of hydrogen-bond acceptors (Lipinski definition) is 4. The number of methoxy groups -OCH3 is 4. The van der Waals surface area contributed by atoms with E-state index >= 15 is 0 Å². The molecular weight excluding hydrogens is 831 g/mol. The Kier molecular flexibility index (Phi) is 16.8. The molecule has 8 rings (SSSR count). The van der Waals surface area contributed by atoms with Gasteiger partial charge in [-0.3, -0.25) is 0 Å². The fraction of sp³-hybridized carbons (Fsp3) is 0.291. The zero-order valence-electron chi connectivity index (χ0n) is 36.4. The van der Waals surface area contributed by atoms with Crippen LogP contribution in [-0.2, 0) is 20.4 Å². The van der Waals surface area contributed by atoms with Crippen LogP contribution in [0.15, 0.2) is 140 Å². The molecule has 2 aliphatic rings. The third-order valence-corrected chi connectivity index (χ3v) is 12.4. The zero-order valence-corrected chi connectivity index (χ0v) is 38.0. The molecular formula is C55H61O4Pd-. The topological polar surface area (TPSA) is 36.9 Å². The van der Waals surface area contributed by atoms with Gasteiger partial charge in [0.2, 0.25) is 0 Å². The van der Waals surface area contributed by atoms with Crippen LogP contribution in [0.1, 0.15) is 96.1 Å². The summed E-state index contributed by atoms with van der Waals surface area (Å²) in [6.07, 6.45) is 10.9. The zero-order chi connectivity index (χ0) is 40.4. The van der Waals surface area contributed by atoms with Gasteiger partial charge in [0.1, 0.15) is 23.0 Å². The minimum absolute atomic E-state index is 0. The molecule has 0 saturated heterocycles. The summed E-state index contributed by atoms with van der Waals surface area (Å²) in [4.78, 5) is 0. The first-order chi connectivity index (χ1) is 28.3. The predicted octanol–water partition coefficient (Wildman–Crippen LogP) is 14.6. The Hall–Kier alpha value is -5.08. The molecule has 0 N–H and O–H groups in total.